The maximum Gasteiger partial charge on any atom is 0.191 e. The lowest BCUT2D eigenvalue weighted by molar-refractivity contribution is 0.741. The van der Waals surface area contributed by atoms with Crippen LogP contribution in [-0.2, 0) is 13.6 Å². The monoisotopic (exact) mass is 378 g/mol. The first-order valence-corrected chi connectivity index (χ1v) is 6.51. The van der Waals surface area contributed by atoms with E-state index in [1.54, 1.807) is 0 Å². The van der Waals surface area contributed by atoms with Crippen LogP contribution in [0.15, 0.2) is 4.99 Å². The predicted molar refractivity (Wildman–Crippen MR) is 86.7 cm³/mol. The summed E-state index contributed by atoms with van der Waals surface area (Å²) in [6.07, 6.45) is 1.23. The summed E-state index contributed by atoms with van der Waals surface area (Å²) in [4.78, 5) is 4.54. The Morgan fingerprint density at radius 2 is 2.16 bits per heavy atom. The zero-order valence-electron chi connectivity index (χ0n) is 12.0. The van der Waals surface area contributed by atoms with Crippen molar-refractivity contribution < 1.29 is 0 Å². The molecule has 0 saturated heterocycles. The van der Waals surface area contributed by atoms with Crippen LogP contribution in [0.25, 0.3) is 0 Å². The third kappa shape index (κ3) is 4.32. The number of nitrogens with one attached hydrogen (secondary N) is 2. The average molecular weight is 378 g/mol. The zero-order chi connectivity index (χ0) is 13.1. The van der Waals surface area contributed by atoms with Gasteiger partial charge in [-0.3, -0.25) is 0 Å². The fourth-order valence-corrected chi connectivity index (χ4v) is 1.76. The molecule has 19 heavy (non-hydrogen) atoms. The Bertz CT molecular complexity index is 441. The highest BCUT2D eigenvalue weighted by atomic mass is 127. The predicted octanol–water partition coefficient (Wildman–Crippen LogP) is 1.21. The van der Waals surface area contributed by atoms with Gasteiger partial charge >= 0.3 is 0 Å². The van der Waals surface area contributed by atoms with Crippen molar-refractivity contribution in [2.75, 3.05) is 6.54 Å². The number of aliphatic imine (C=N–C) groups is 1. The van der Waals surface area contributed by atoms with Crippen LogP contribution in [0.5, 0.6) is 0 Å². The van der Waals surface area contributed by atoms with Gasteiger partial charge in [0.15, 0.2) is 11.8 Å². The highest BCUT2D eigenvalue weighted by Crippen LogP contribution is 2.28. The number of hydrogen-bond donors (Lipinski definition) is 2. The number of rotatable bonds is 4. The molecule has 0 spiro atoms. The Balaban J connectivity index is 0.00000180. The molecule has 2 N–H and O–H groups in total. The second-order valence-corrected chi connectivity index (χ2v) is 4.88. The molecule has 1 fully saturated rings. The van der Waals surface area contributed by atoms with E-state index in [0.29, 0.717) is 12.6 Å². The largest absolute Gasteiger partial charge is 0.357 e. The summed E-state index contributed by atoms with van der Waals surface area (Å²) in [6.45, 7) is 7.67. The van der Waals surface area contributed by atoms with Crippen molar-refractivity contribution in [3.05, 3.63) is 11.6 Å². The lowest BCUT2D eigenvalue weighted by Gasteiger charge is -2.10. The summed E-state index contributed by atoms with van der Waals surface area (Å²) in [5.74, 6) is 3.42. The molecule has 0 aromatic carbocycles. The van der Waals surface area contributed by atoms with Crippen LogP contribution in [0.4, 0.5) is 0 Å². The Kier molecular flexibility index (Phi) is 6.02. The van der Waals surface area contributed by atoms with Crippen molar-refractivity contribution in [3.8, 4) is 0 Å². The molecule has 6 nitrogen and oxygen atoms in total. The number of aryl methyl sites for hydroxylation is 1. The van der Waals surface area contributed by atoms with Gasteiger partial charge in [0.05, 0.1) is 0 Å². The van der Waals surface area contributed by atoms with E-state index in [2.05, 4.69) is 39.7 Å². The summed E-state index contributed by atoms with van der Waals surface area (Å²) in [5.41, 5.74) is 0. The van der Waals surface area contributed by atoms with Crippen molar-refractivity contribution in [2.24, 2.45) is 18.0 Å². The fourth-order valence-electron chi connectivity index (χ4n) is 1.76. The zero-order valence-corrected chi connectivity index (χ0v) is 14.3. The molecule has 1 heterocycles. The van der Waals surface area contributed by atoms with E-state index in [-0.39, 0.29) is 24.0 Å². The molecular formula is C12H23IN6. The molecule has 0 amide bonds. The van der Waals surface area contributed by atoms with Crippen molar-refractivity contribution >= 4 is 29.9 Å². The second kappa shape index (κ2) is 7.06. The van der Waals surface area contributed by atoms with Crippen molar-refractivity contribution in [2.45, 2.75) is 39.8 Å². The normalized spacial score (nSPS) is 21.8. The minimum absolute atomic E-state index is 0. The first-order valence-electron chi connectivity index (χ1n) is 6.51. The quantitative estimate of drug-likeness (QED) is 0.470. The highest BCUT2D eigenvalue weighted by Gasteiger charge is 2.33. The summed E-state index contributed by atoms with van der Waals surface area (Å²) >= 11 is 0. The fraction of sp³-hybridized carbons (Fsp3) is 0.750. The molecule has 1 aromatic heterocycles. The van der Waals surface area contributed by atoms with E-state index in [4.69, 9.17) is 0 Å². The molecule has 2 unspecified atom stereocenters. The summed E-state index contributed by atoms with van der Waals surface area (Å²) < 4.78 is 1.97. The number of aromatic nitrogens is 3. The molecule has 108 valence electrons. The molecule has 2 rings (SSSR count). The minimum Gasteiger partial charge on any atom is -0.357 e. The van der Waals surface area contributed by atoms with Gasteiger partial charge in [0, 0.05) is 19.6 Å². The van der Waals surface area contributed by atoms with Crippen LogP contribution in [0.1, 0.15) is 31.9 Å². The molecule has 7 heteroatoms. The first-order chi connectivity index (χ1) is 8.61. The van der Waals surface area contributed by atoms with Gasteiger partial charge in [0.2, 0.25) is 0 Å². The van der Waals surface area contributed by atoms with Gasteiger partial charge in [-0.05, 0) is 26.2 Å². The molecule has 0 bridgehead atoms. The van der Waals surface area contributed by atoms with E-state index in [9.17, 15) is 0 Å². The van der Waals surface area contributed by atoms with E-state index >= 15 is 0 Å². The van der Waals surface area contributed by atoms with Gasteiger partial charge in [-0.25, -0.2) is 4.99 Å². The Morgan fingerprint density at radius 1 is 1.47 bits per heavy atom. The number of guanidine groups is 1. The van der Waals surface area contributed by atoms with Gasteiger partial charge in [-0.2, -0.15) is 0 Å². The number of hydrogen-bond acceptors (Lipinski definition) is 3. The van der Waals surface area contributed by atoms with E-state index < -0.39 is 0 Å². The van der Waals surface area contributed by atoms with E-state index in [1.165, 1.54) is 6.42 Å². The first kappa shape index (κ1) is 16.2. The lowest BCUT2D eigenvalue weighted by Crippen LogP contribution is -2.39. The summed E-state index contributed by atoms with van der Waals surface area (Å²) in [7, 11) is 1.96. The smallest absolute Gasteiger partial charge is 0.191 e. The molecule has 0 aliphatic heterocycles. The van der Waals surface area contributed by atoms with E-state index in [0.717, 1.165) is 30.1 Å². The lowest BCUT2D eigenvalue weighted by atomic mass is 10.5. The Labute approximate surface area is 131 Å². The van der Waals surface area contributed by atoms with Gasteiger partial charge in [-0.1, -0.05) is 6.92 Å². The van der Waals surface area contributed by atoms with Crippen LogP contribution < -0.4 is 10.6 Å². The molecule has 1 aliphatic carbocycles. The van der Waals surface area contributed by atoms with Crippen LogP contribution in [-0.4, -0.2) is 33.3 Å². The molecule has 1 aliphatic rings. The third-order valence-corrected chi connectivity index (χ3v) is 3.34. The third-order valence-electron chi connectivity index (χ3n) is 3.34. The summed E-state index contributed by atoms with van der Waals surface area (Å²) in [6, 6.07) is 0.573. The topological polar surface area (TPSA) is 67.1 Å². The number of nitrogens with zero attached hydrogens (tertiary/aromatic N) is 4. The second-order valence-electron chi connectivity index (χ2n) is 4.88. The maximum atomic E-state index is 4.54. The summed E-state index contributed by atoms with van der Waals surface area (Å²) in [5, 5.41) is 14.8. The highest BCUT2D eigenvalue weighted by molar-refractivity contribution is 14.0. The van der Waals surface area contributed by atoms with Gasteiger partial charge in [0.1, 0.15) is 12.4 Å². The van der Waals surface area contributed by atoms with Crippen LogP contribution in [0, 0.1) is 12.8 Å². The molecule has 2 atom stereocenters. The molecule has 1 aromatic rings. The minimum atomic E-state index is 0. The van der Waals surface area contributed by atoms with Gasteiger partial charge < -0.3 is 15.2 Å². The molecule has 1 saturated carbocycles. The van der Waals surface area contributed by atoms with Crippen LogP contribution in [0.2, 0.25) is 0 Å². The average Bonchev–Trinajstić information content (AvgIpc) is 2.94. The van der Waals surface area contributed by atoms with Crippen molar-refractivity contribution in [3.63, 3.8) is 0 Å². The van der Waals surface area contributed by atoms with Gasteiger partial charge in [-0.15, -0.1) is 34.2 Å². The van der Waals surface area contributed by atoms with E-state index in [1.807, 2.05) is 18.5 Å². The Morgan fingerprint density at radius 3 is 2.63 bits per heavy atom. The Hall–Kier alpha value is -0.860. The molecule has 0 radical (unpaired) electrons. The van der Waals surface area contributed by atoms with Crippen LogP contribution in [0.3, 0.4) is 0 Å². The van der Waals surface area contributed by atoms with Gasteiger partial charge in [0.25, 0.3) is 0 Å². The SMILES string of the molecule is CCNC(=NCc1nnc(C)n1C)NC1CC1C.I. The molecular weight excluding hydrogens is 355 g/mol. The van der Waals surface area contributed by atoms with Crippen molar-refractivity contribution in [1.29, 1.82) is 0 Å². The van der Waals surface area contributed by atoms with Crippen LogP contribution >= 0.6 is 24.0 Å². The maximum absolute atomic E-state index is 4.54. The number of halogens is 1. The van der Waals surface area contributed by atoms with Crippen molar-refractivity contribution in [1.82, 2.24) is 25.4 Å². The standard InChI is InChI=1S/C12H22N6.HI/c1-5-13-12(15-10-6-8(10)2)14-7-11-17-16-9(3)18(11)4;/h8,10H,5-7H2,1-4H3,(H2,13,14,15);1H.